The number of rotatable bonds is 10. The number of carbonyl (C=O) groups is 1. The Morgan fingerprint density at radius 2 is 2.00 bits per heavy atom. The summed E-state index contributed by atoms with van der Waals surface area (Å²) >= 11 is 0. The molecule has 1 unspecified atom stereocenters. The SMILES string of the molecule is CCOc1cc(C(=O)NCc2ccc(OCC3CCCO3)cc2)c([N+](=O)[O-])cc1OC. The Labute approximate surface area is 180 Å². The Morgan fingerprint density at radius 3 is 2.61 bits per heavy atom. The summed E-state index contributed by atoms with van der Waals surface area (Å²) in [7, 11) is 1.38. The van der Waals surface area contributed by atoms with Crippen LogP contribution in [0, 0.1) is 10.1 Å². The lowest BCUT2D eigenvalue weighted by Crippen LogP contribution is -2.24. The molecule has 1 saturated heterocycles. The Morgan fingerprint density at radius 1 is 1.23 bits per heavy atom. The van der Waals surface area contributed by atoms with Crippen LogP contribution in [0.15, 0.2) is 36.4 Å². The molecular formula is C22H26N2O7. The van der Waals surface area contributed by atoms with Gasteiger partial charge in [-0.1, -0.05) is 12.1 Å². The van der Waals surface area contributed by atoms with Gasteiger partial charge in [0.2, 0.25) is 0 Å². The van der Waals surface area contributed by atoms with Crippen LogP contribution < -0.4 is 19.5 Å². The number of carbonyl (C=O) groups excluding carboxylic acids is 1. The topological polar surface area (TPSA) is 109 Å². The maximum Gasteiger partial charge on any atom is 0.286 e. The number of amides is 1. The van der Waals surface area contributed by atoms with Crippen molar-refractivity contribution in [2.24, 2.45) is 0 Å². The van der Waals surface area contributed by atoms with Crippen molar-refractivity contribution in [2.75, 3.05) is 26.9 Å². The van der Waals surface area contributed by atoms with Crippen LogP contribution in [-0.2, 0) is 11.3 Å². The van der Waals surface area contributed by atoms with E-state index in [0.29, 0.717) is 13.2 Å². The molecule has 3 rings (SSSR count). The Bertz CT molecular complexity index is 909. The molecule has 0 radical (unpaired) electrons. The smallest absolute Gasteiger partial charge is 0.286 e. The van der Waals surface area contributed by atoms with E-state index in [4.69, 9.17) is 18.9 Å². The lowest BCUT2D eigenvalue weighted by Gasteiger charge is -2.13. The first-order valence-corrected chi connectivity index (χ1v) is 10.1. The average molecular weight is 430 g/mol. The monoisotopic (exact) mass is 430 g/mol. The summed E-state index contributed by atoms with van der Waals surface area (Å²) in [5.74, 6) is 0.615. The zero-order valence-electron chi connectivity index (χ0n) is 17.6. The summed E-state index contributed by atoms with van der Waals surface area (Å²) in [6.07, 6.45) is 2.21. The predicted octanol–water partition coefficient (Wildman–Crippen LogP) is 3.49. The number of nitrogens with zero attached hydrogens (tertiary/aromatic N) is 1. The molecule has 166 valence electrons. The number of hydrogen-bond donors (Lipinski definition) is 1. The minimum absolute atomic E-state index is 0.0919. The summed E-state index contributed by atoms with van der Waals surface area (Å²) in [5, 5.41) is 14.2. The third-order valence-electron chi connectivity index (χ3n) is 4.86. The van der Waals surface area contributed by atoms with Crippen molar-refractivity contribution < 1.29 is 28.7 Å². The van der Waals surface area contributed by atoms with Crippen LogP contribution in [0.4, 0.5) is 5.69 Å². The van der Waals surface area contributed by atoms with E-state index in [9.17, 15) is 14.9 Å². The summed E-state index contributed by atoms with van der Waals surface area (Å²) in [6.45, 7) is 3.60. The third kappa shape index (κ3) is 5.85. The van der Waals surface area contributed by atoms with E-state index >= 15 is 0 Å². The van der Waals surface area contributed by atoms with Crippen LogP contribution in [0.5, 0.6) is 17.2 Å². The number of nitro benzene ring substituents is 1. The van der Waals surface area contributed by atoms with Gasteiger partial charge < -0.3 is 24.3 Å². The summed E-state index contributed by atoms with van der Waals surface area (Å²) < 4.78 is 21.8. The fraction of sp³-hybridized carbons (Fsp3) is 0.409. The molecule has 31 heavy (non-hydrogen) atoms. The Hall–Kier alpha value is -3.33. The summed E-state index contributed by atoms with van der Waals surface area (Å²) in [6, 6.07) is 9.83. The van der Waals surface area contributed by atoms with Crippen LogP contribution >= 0.6 is 0 Å². The van der Waals surface area contributed by atoms with E-state index < -0.39 is 10.8 Å². The van der Waals surface area contributed by atoms with Crippen molar-refractivity contribution in [3.63, 3.8) is 0 Å². The molecule has 0 bridgehead atoms. The first-order valence-electron chi connectivity index (χ1n) is 10.1. The normalized spacial score (nSPS) is 15.4. The number of methoxy groups -OCH3 is 1. The molecule has 1 aliphatic rings. The van der Waals surface area contributed by atoms with E-state index in [1.807, 2.05) is 24.3 Å². The molecule has 1 aliphatic heterocycles. The maximum atomic E-state index is 12.7. The van der Waals surface area contributed by atoms with Crippen molar-refractivity contribution in [3.05, 3.63) is 57.6 Å². The minimum Gasteiger partial charge on any atom is -0.493 e. The zero-order chi connectivity index (χ0) is 22.2. The first-order chi connectivity index (χ1) is 15.0. The van der Waals surface area contributed by atoms with Crippen molar-refractivity contribution in [1.29, 1.82) is 0 Å². The number of nitro groups is 1. The number of ether oxygens (including phenoxy) is 4. The lowest BCUT2D eigenvalue weighted by molar-refractivity contribution is -0.385. The summed E-state index contributed by atoms with van der Waals surface area (Å²) in [5.41, 5.74) is 0.389. The van der Waals surface area contributed by atoms with E-state index in [1.54, 1.807) is 6.92 Å². The second-order valence-electron chi connectivity index (χ2n) is 6.98. The van der Waals surface area contributed by atoms with E-state index in [-0.39, 0.29) is 35.4 Å². The van der Waals surface area contributed by atoms with Gasteiger partial charge in [0.05, 0.1) is 30.8 Å². The van der Waals surface area contributed by atoms with Gasteiger partial charge in [-0.25, -0.2) is 0 Å². The highest BCUT2D eigenvalue weighted by Crippen LogP contribution is 2.34. The van der Waals surface area contributed by atoms with E-state index in [0.717, 1.165) is 30.8 Å². The lowest BCUT2D eigenvalue weighted by atomic mass is 10.1. The largest absolute Gasteiger partial charge is 0.493 e. The van der Waals surface area contributed by atoms with Gasteiger partial charge in [0.25, 0.3) is 11.6 Å². The fourth-order valence-corrected chi connectivity index (χ4v) is 3.26. The van der Waals surface area contributed by atoms with Gasteiger partial charge in [-0.3, -0.25) is 14.9 Å². The maximum absolute atomic E-state index is 12.7. The van der Waals surface area contributed by atoms with Crippen molar-refractivity contribution in [3.8, 4) is 17.2 Å². The van der Waals surface area contributed by atoms with Crippen LogP contribution in [0.1, 0.15) is 35.7 Å². The fourth-order valence-electron chi connectivity index (χ4n) is 3.26. The molecule has 9 nitrogen and oxygen atoms in total. The Kier molecular flexibility index (Phi) is 7.66. The van der Waals surface area contributed by atoms with Crippen molar-refractivity contribution in [2.45, 2.75) is 32.4 Å². The molecule has 1 heterocycles. The number of hydrogen-bond acceptors (Lipinski definition) is 7. The molecule has 0 aliphatic carbocycles. The molecule has 2 aromatic rings. The Balaban J connectivity index is 1.64. The molecule has 1 atom stereocenters. The standard InChI is InChI=1S/C22H26N2O7/c1-3-29-21-11-18(19(24(26)27)12-20(21)28-2)22(25)23-13-15-6-8-16(9-7-15)31-14-17-5-4-10-30-17/h6-9,11-12,17H,3-5,10,13-14H2,1-2H3,(H,23,25). The molecular weight excluding hydrogens is 404 g/mol. The molecule has 2 aromatic carbocycles. The number of benzene rings is 2. The molecule has 9 heteroatoms. The number of nitrogens with one attached hydrogen (secondary N) is 1. The van der Waals surface area contributed by atoms with Gasteiger partial charge in [-0.05, 0) is 37.5 Å². The van der Waals surface area contributed by atoms with E-state index in [1.165, 1.54) is 19.2 Å². The van der Waals surface area contributed by atoms with Gasteiger partial charge in [0.15, 0.2) is 11.5 Å². The second kappa shape index (κ2) is 10.6. The van der Waals surface area contributed by atoms with Crippen molar-refractivity contribution >= 4 is 11.6 Å². The molecule has 1 N–H and O–H groups in total. The predicted molar refractivity (Wildman–Crippen MR) is 113 cm³/mol. The molecule has 1 amide bonds. The highest BCUT2D eigenvalue weighted by Gasteiger charge is 2.24. The van der Waals surface area contributed by atoms with Crippen molar-refractivity contribution in [1.82, 2.24) is 5.32 Å². The molecule has 0 spiro atoms. The highest BCUT2D eigenvalue weighted by atomic mass is 16.6. The van der Waals surface area contributed by atoms with Gasteiger partial charge in [-0.2, -0.15) is 0 Å². The van der Waals surface area contributed by atoms with Gasteiger partial charge in [0.1, 0.15) is 17.9 Å². The zero-order valence-corrected chi connectivity index (χ0v) is 17.6. The molecule has 0 saturated carbocycles. The van der Waals surface area contributed by atoms with Gasteiger partial charge in [-0.15, -0.1) is 0 Å². The van der Waals surface area contributed by atoms with Crippen LogP contribution in [0.2, 0.25) is 0 Å². The minimum atomic E-state index is -0.618. The van der Waals surface area contributed by atoms with E-state index in [2.05, 4.69) is 5.32 Å². The van der Waals surface area contributed by atoms with Crippen LogP contribution in [0.3, 0.4) is 0 Å². The van der Waals surface area contributed by atoms with Gasteiger partial charge in [0, 0.05) is 19.2 Å². The quantitative estimate of drug-likeness (QED) is 0.454. The molecule has 1 fully saturated rings. The van der Waals surface area contributed by atoms with Crippen LogP contribution in [-0.4, -0.2) is 43.9 Å². The second-order valence-corrected chi connectivity index (χ2v) is 6.98. The molecule has 0 aromatic heterocycles. The first kappa shape index (κ1) is 22.4. The summed E-state index contributed by atoms with van der Waals surface area (Å²) in [4.78, 5) is 23.5. The average Bonchev–Trinajstić information content (AvgIpc) is 3.30. The third-order valence-corrected chi connectivity index (χ3v) is 4.86. The highest BCUT2D eigenvalue weighted by molar-refractivity contribution is 5.99. The van der Waals surface area contributed by atoms with Gasteiger partial charge >= 0.3 is 0 Å². The van der Waals surface area contributed by atoms with Crippen LogP contribution in [0.25, 0.3) is 0 Å².